The molecule has 0 amide bonds. The molecule has 2 N–H and O–H groups in total. The van der Waals surface area contributed by atoms with E-state index in [2.05, 4.69) is 15.9 Å². The lowest BCUT2D eigenvalue weighted by atomic mass is 10.1. The molecular formula is C16H11BrFNO4. The fraction of sp³-hybridized carbons (Fsp3) is 0.125. The number of nitrogens with two attached hydrogens (primary N) is 1. The maximum atomic E-state index is 13.6. The Morgan fingerprint density at radius 1 is 1.26 bits per heavy atom. The van der Waals surface area contributed by atoms with Crippen LogP contribution in [0.2, 0.25) is 0 Å². The molecule has 0 unspecified atom stereocenters. The van der Waals surface area contributed by atoms with Gasteiger partial charge in [-0.15, -0.1) is 0 Å². The number of nitrogen functional groups attached to an aromatic ring is 1. The summed E-state index contributed by atoms with van der Waals surface area (Å²) in [7, 11) is 0. The van der Waals surface area contributed by atoms with Gasteiger partial charge in [-0.3, -0.25) is 4.79 Å². The topological polar surface area (TPSA) is 82.5 Å². The zero-order valence-corrected chi connectivity index (χ0v) is 13.6. The van der Waals surface area contributed by atoms with Crippen LogP contribution in [0.1, 0.15) is 17.3 Å². The average Bonchev–Trinajstić information content (AvgIpc) is 2.49. The summed E-state index contributed by atoms with van der Waals surface area (Å²) in [6, 6.07) is 5.17. The third-order valence-corrected chi connectivity index (χ3v) is 3.99. The lowest BCUT2D eigenvalue weighted by Gasteiger charge is -2.08. The van der Waals surface area contributed by atoms with Gasteiger partial charge in [0.2, 0.25) is 5.43 Å². The molecule has 0 saturated carbocycles. The van der Waals surface area contributed by atoms with Gasteiger partial charge in [-0.05, 0) is 35.0 Å². The molecule has 1 aromatic heterocycles. The first-order valence-electron chi connectivity index (χ1n) is 6.74. The summed E-state index contributed by atoms with van der Waals surface area (Å²) >= 11 is 3.03. The van der Waals surface area contributed by atoms with Crippen molar-refractivity contribution in [2.45, 2.75) is 6.92 Å². The van der Waals surface area contributed by atoms with Crippen LogP contribution in [0.3, 0.4) is 0 Å². The summed E-state index contributed by atoms with van der Waals surface area (Å²) < 4.78 is 24.2. The highest BCUT2D eigenvalue weighted by Crippen LogP contribution is 2.27. The molecule has 0 spiro atoms. The van der Waals surface area contributed by atoms with E-state index in [1.165, 1.54) is 18.2 Å². The molecule has 0 atom stereocenters. The molecule has 0 aliphatic rings. The van der Waals surface area contributed by atoms with Gasteiger partial charge in [-0.25, -0.2) is 9.18 Å². The molecule has 7 heteroatoms. The zero-order chi connectivity index (χ0) is 16.7. The van der Waals surface area contributed by atoms with Crippen molar-refractivity contribution in [2.24, 2.45) is 0 Å². The molecule has 1 heterocycles. The van der Waals surface area contributed by atoms with Gasteiger partial charge in [0.1, 0.15) is 17.0 Å². The third-order valence-electron chi connectivity index (χ3n) is 3.38. The maximum Gasteiger partial charge on any atom is 0.340 e. The average molecular weight is 380 g/mol. The van der Waals surface area contributed by atoms with Gasteiger partial charge in [0.05, 0.1) is 27.4 Å². The number of halogens is 2. The minimum absolute atomic E-state index is 0.0900. The van der Waals surface area contributed by atoms with E-state index >= 15 is 0 Å². The Morgan fingerprint density at radius 2 is 1.91 bits per heavy atom. The van der Waals surface area contributed by atoms with E-state index in [-0.39, 0.29) is 49.7 Å². The Balaban J connectivity index is 2.36. The first-order chi connectivity index (χ1) is 10.9. The van der Waals surface area contributed by atoms with Crippen molar-refractivity contribution in [2.75, 3.05) is 12.3 Å². The van der Waals surface area contributed by atoms with Gasteiger partial charge < -0.3 is 14.9 Å². The van der Waals surface area contributed by atoms with E-state index in [0.717, 1.165) is 6.07 Å². The van der Waals surface area contributed by atoms with Crippen LogP contribution in [0.5, 0.6) is 0 Å². The fourth-order valence-electron chi connectivity index (χ4n) is 2.30. The highest BCUT2D eigenvalue weighted by Gasteiger charge is 2.17. The molecule has 0 fully saturated rings. The van der Waals surface area contributed by atoms with Crippen LogP contribution >= 0.6 is 15.9 Å². The van der Waals surface area contributed by atoms with Crippen LogP contribution in [0.15, 0.2) is 37.9 Å². The number of hydrogen-bond acceptors (Lipinski definition) is 5. The predicted molar refractivity (Wildman–Crippen MR) is 88.0 cm³/mol. The highest BCUT2D eigenvalue weighted by atomic mass is 79.9. The normalized spacial score (nSPS) is 11.1. The van der Waals surface area contributed by atoms with Crippen molar-refractivity contribution >= 4 is 49.5 Å². The van der Waals surface area contributed by atoms with E-state index in [4.69, 9.17) is 14.9 Å². The van der Waals surface area contributed by atoms with E-state index in [1.54, 1.807) is 6.92 Å². The van der Waals surface area contributed by atoms with Crippen LogP contribution in [0, 0.1) is 5.82 Å². The molecule has 0 aliphatic carbocycles. The van der Waals surface area contributed by atoms with Gasteiger partial charge in [0, 0.05) is 17.8 Å². The zero-order valence-electron chi connectivity index (χ0n) is 12.0. The molecule has 0 aliphatic heterocycles. The molecule has 3 rings (SSSR count). The van der Waals surface area contributed by atoms with Crippen molar-refractivity contribution in [1.82, 2.24) is 0 Å². The smallest absolute Gasteiger partial charge is 0.340 e. The molecule has 0 saturated heterocycles. The Bertz CT molecular complexity index is 1010. The Hall–Kier alpha value is -2.41. The van der Waals surface area contributed by atoms with Gasteiger partial charge in [-0.1, -0.05) is 0 Å². The SMILES string of the molecule is CCOC(=O)c1cc2c(=O)c3cc(Br)c(F)cc3oc2cc1N. The summed E-state index contributed by atoms with van der Waals surface area (Å²) in [5, 5.41) is 0.374. The van der Waals surface area contributed by atoms with Crippen LogP contribution in [-0.2, 0) is 4.74 Å². The quantitative estimate of drug-likeness (QED) is 0.417. The summed E-state index contributed by atoms with van der Waals surface area (Å²) in [6.45, 7) is 1.86. The molecule has 0 bridgehead atoms. The van der Waals surface area contributed by atoms with Crippen molar-refractivity contribution in [1.29, 1.82) is 0 Å². The standard InChI is InChI=1S/C16H11BrFNO4/c1-2-22-16(21)7-3-8-14(6-12(7)19)23-13-5-11(18)10(17)4-9(13)15(8)20/h3-6H,2,19H2,1H3. The fourth-order valence-corrected chi connectivity index (χ4v) is 2.64. The minimum Gasteiger partial charge on any atom is -0.462 e. The number of rotatable bonds is 2. The molecule has 118 valence electrons. The Kier molecular flexibility index (Phi) is 3.81. The van der Waals surface area contributed by atoms with Crippen molar-refractivity contribution < 1.29 is 18.3 Å². The summed E-state index contributed by atoms with van der Waals surface area (Å²) in [6.07, 6.45) is 0. The summed E-state index contributed by atoms with van der Waals surface area (Å²) in [4.78, 5) is 24.5. The number of carbonyl (C=O) groups is 1. The van der Waals surface area contributed by atoms with E-state index in [0.29, 0.717) is 0 Å². The van der Waals surface area contributed by atoms with Gasteiger partial charge in [-0.2, -0.15) is 0 Å². The molecule has 2 aromatic carbocycles. The number of benzene rings is 2. The van der Waals surface area contributed by atoms with E-state index in [9.17, 15) is 14.0 Å². The molecule has 3 aromatic rings. The second kappa shape index (κ2) is 5.66. The molecule has 23 heavy (non-hydrogen) atoms. The summed E-state index contributed by atoms with van der Waals surface area (Å²) in [5.74, 6) is -1.16. The highest BCUT2D eigenvalue weighted by molar-refractivity contribution is 9.10. The lowest BCUT2D eigenvalue weighted by Crippen LogP contribution is -2.10. The molecule has 5 nitrogen and oxygen atoms in total. The lowest BCUT2D eigenvalue weighted by molar-refractivity contribution is 0.0528. The van der Waals surface area contributed by atoms with Crippen LogP contribution in [0.25, 0.3) is 21.9 Å². The second-order valence-electron chi connectivity index (χ2n) is 4.85. The molecular weight excluding hydrogens is 369 g/mol. The number of esters is 1. The number of anilines is 1. The number of carbonyl (C=O) groups excluding carboxylic acids is 1. The van der Waals surface area contributed by atoms with Gasteiger partial charge in [0.25, 0.3) is 0 Å². The number of fused-ring (bicyclic) bond motifs is 2. The van der Waals surface area contributed by atoms with Gasteiger partial charge >= 0.3 is 5.97 Å². The van der Waals surface area contributed by atoms with Crippen molar-refractivity contribution in [3.05, 3.63) is 50.3 Å². The largest absolute Gasteiger partial charge is 0.462 e. The first-order valence-corrected chi connectivity index (χ1v) is 7.54. The second-order valence-corrected chi connectivity index (χ2v) is 5.70. The minimum atomic E-state index is -0.619. The predicted octanol–water partition coefficient (Wildman–Crippen LogP) is 3.61. The number of hydrogen-bond donors (Lipinski definition) is 1. The van der Waals surface area contributed by atoms with Crippen LogP contribution in [0.4, 0.5) is 10.1 Å². The van der Waals surface area contributed by atoms with Gasteiger partial charge in [0.15, 0.2) is 0 Å². The van der Waals surface area contributed by atoms with Crippen LogP contribution < -0.4 is 11.2 Å². The third kappa shape index (κ3) is 2.57. The van der Waals surface area contributed by atoms with E-state index < -0.39 is 11.8 Å². The number of ether oxygens (including phenoxy) is 1. The summed E-state index contributed by atoms with van der Waals surface area (Å²) in [5.41, 5.74) is 5.93. The Morgan fingerprint density at radius 3 is 2.61 bits per heavy atom. The monoisotopic (exact) mass is 379 g/mol. The van der Waals surface area contributed by atoms with Crippen molar-refractivity contribution in [3.63, 3.8) is 0 Å². The molecule has 0 radical (unpaired) electrons. The van der Waals surface area contributed by atoms with Crippen molar-refractivity contribution in [3.8, 4) is 0 Å². The van der Waals surface area contributed by atoms with Crippen LogP contribution in [-0.4, -0.2) is 12.6 Å². The maximum absolute atomic E-state index is 13.6. The Labute approximate surface area is 138 Å². The first kappa shape index (κ1) is 15.5. The van der Waals surface area contributed by atoms with E-state index in [1.807, 2.05) is 0 Å².